The van der Waals surface area contributed by atoms with Crippen molar-refractivity contribution in [1.29, 1.82) is 0 Å². The van der Waals surface area contributed by atoms with Gasteiger partial charge < -0.3 is 10.1 Å². The van der Waals surface area contributed by atoms with E-state index in [1.807, 2.05) is 12.1 Å². The van der Waals surface area contributed by atoms with Crippen molar-refractivity contribution in [3.8, 4) is 5.88 Å². The third-order valence-electron chi connectivity index (χ3n) is 2.61. The van der Waals surface area contributed by atoms with E-state index in [1.165, 1.54) is 0 Å². The van der Waals surface area contributed by atoms with E-state index in [4.69, 9.17) is 4.74 Å². The summed E-state index contributed by atoms with van der Waals surface area (Å²) >= 11 is 6.72. The molecule has 104 valence electrons. The topological polar surface area (TPSA) is 51.2 Å². The van der Waals surface area contributed by atoms with Crippen molar-refractivity contribution in [3.05, 3.63) is 56.6 Å². The molecule has 1 amide bonds. The van der Waals surface area contributed by atoms with E-state index < -0.39 is 0 Å². The van der Waals surface area contributed by atoms with Crippen LogP contribution in [-0.2, 0) is 6.54 Å². The molecule has 0 fully saturated rings. The van der Waals surface area contributed by atoms with Gasteiger partial charge in [0.1, 0.15) is 0 Å². The summed E-state index contributed by atoms with van der Waals surface area (Å²) in [6, 6.07) is 9.07. The number of carbonyl (C=O) groups excluding carboxylic acids is 1. The van der Waals surface area contributed by atoms with E-state index >= 15 is 0 Å². The maximum atomic E-state index is 12.1. The highest BCUT2D eigenvalue weighted by Gasteiger charge is 2.09. The Morgan fingerprint density at radius 2 is 2.00 bits per heavy atom. The lowest BCUT2D eigenvalue weighted by molar-refractivity contribution is 0.0950. The largest absolute Gasteiger partial charge is 0.481 e. The number of benzene rings is 1. The number of pyridine rings is 1. The van der Waals surface area contributed by atoms with Crippen molar-refractivity contribution in [1.82, 2.24) is 10.3 Å². The maximum absolute atomic E-state index is 12.1. The number of nitrogens with zero attached hydrogens (tertiary/aromatic N) is 1. The number of nitrogens with one attached hydrogen (secondary N) is 1. The smallest absolute Gasteiger partial charge is 0.251 e. The fourth-order valence-corrected chi connectivity index (χ4v) is 3.00. The summed E-state index contributed by atoms with van der Waals surface area (Å²) in [5.74, 6) is 0.362. The Balaban J connectivity index is 2.08. The number of amides is 1. The lowest BCUT2D eigenvalue weighted by Gasteiger charge is -2.09. The van der Waals surface area contributed by atoms with Gasteiger partial charge in [-0.25, -0.2) is 4.98 Å². The van der Waals surface area contributed by atoms with Crippen molar-refractivity contribution < 1.29 is 9.53 Å². The summed E-state index contributed by atoms with van der Waals surface area (Å²) in [5, 5.41) is 2.84. The lowest BCUT2D eigenvalue weighted by atomic mass is 10.2. The molecule has 2 aromatic rings. The molecule has 0 aliphatic heterocycles. The Labute approximate surface area is 133 Å². The zero-order valence-corrected chi connectivity index (χ0v) is 13.9. The molecule has 1 aromatic carbocycles. The van der Waals surface area contributed by atoms with Crippen LogP contribution in [0.2, 0.25) is 0 Å². The monoisotopic (exact) mass is 398 g/mol. The Bertz CT molecular complexity index is 612. The van der Waals surface area contributed by atoms with E-state index in [9.17, 15) is 4.79 Å². The van der Waals surface area contributed by atoms with Gasteiger partial charge in [-0.2, -0.15) is 0 Å². The van der Waals surface area contributed by atoms with Gasteiger partial charge in [-0.05, 0) is 24.3 Å². The molecule has 0 saturated heterocycles. The van der Waals surface area contributed by atoms with E-state index in [2.05, 4.69) is 42.2 Å². The Morgan fingerprint density at radius 3 is 2.65 bits per heavy atom. The molecular weight excluding hydrogens is 388 g/mol. The quantitative estimate of drug-likeness (QED) is 0.855. The minimum atomic E-state index is -0.155. The lowest BCUT2D eigenvalue weighted by Crippen LogP contribution is -2.23. The predicted octanol–water partition coefficient (Wildman–Crippen LogP) is 3.55. The summed E-state index contributed by atoms with van der Waals surface area (Å²) in [6.45, 7) is 0.361. The van der Waals surface area contributed by atoms with Crippen LogP contribution in [0, 0.1) is 0 Å². The van der Waals surface area contributed by atoms with Crippen LogP contribution in [0.15, 0.2) is 45.5 Å². The van der Waals surface area contributed by atoms with Crippen molar-refractivity contribution in [2.75, 3.05) is 7.11 Å². The van der Waals surface area contributed by atoms with E-state index in [0.717, 1.165) is 14.5 Å². The highest BCUT2D eigenvalue weighted by molar-refractivity contribution is 9.11. The van der Waals surface area contributed by atoms with Crippen LogP contribution in [0.4, 0.5) is 0 Å². The first-order valence-electron chi connectivity index (χ1n) is 5.82. The van der Waals surface area contributed by atoms with Crippen LogP contribution < -0.4 is 10.1 Å². The molecule has 6 heteroatoms. The van der Waals surface area contributed by atoms with Crippen molar-refractivity contribution in [3.63, 3.8) is 0 Å². The third kappa shape index (κ3) is 3.80. The fraction of sp³-hybridized carbons (Fsp3) is 0.143. The van der Waals surface area contributed by atoms with E-state index in [-0.39, 0.29) is 5.91 Å². The second-order valence-electron chi connectivity index (χ2n) is 4.01. The van der Waals surface area contributed by atoms with Gasteiger partial charge in [-0.15, -0.1) is 0 Å². The van der Waals surface area contributed by atoms with Gasteiger partial charge in [0.05, 0.1) is 7.11 Å². The van der Waals surface area contributed by atoms with Crippen molar-refractivity contribution >= 4 is 37.8 Å². The third-order valence-corrected chi connectivity index (χ3v) is 3.52. The number of ether oxygens (including phenoxy) is 1. The summed E-state index contributed by atoms with van der Waals surface area (Å²) in [5.41, 5.74) is 1.41. The van der Waals surface area contributed by atoms with Crippen LogP contribution in [-0.4, -0.2) is 18.0 Å². The summed E-state index contributed by atoms with van der Waals surface area (Å²) in [4.78, 5) is 16.2. The average Bonchev–Trinajstić information content (AvgIpc) is 2.44. The molecule has 0 saturated carbocycles. The minimum Gasteiger partial charge on any atom is -0.481 e. The van der Waals surface area contributed by atoms with E-state index in [0.29, 0.717) is 18.0 Å². The first-order valence-corrected chi connectivity index (χ1v) is 7.41. The molecule has 0 bridgehead atoms. The molecule has 0 radical (unpaired) electrons. The molecule has 1 heterocycles. The molecule has 4 nitrogen and oxygen atoms in total. The summed E-state index contributed by atoms with van der Waals surface area (Å²) < 4.78 is 6.83. The molecule has 0 atom stereocenters. The number of hydrogen-bond acceptors (Lipinski definition) is 3. The Hall–Kier alpha value is -1.40. The molecule has 0 unspecified atom stereocenters. The van der Waals surface area contributed by atoms with Gasteiger partial charge in [0.25, 0.3) is 5.91 Å². The van der Waals surface area contributed by atoms with Crippen LogP contribution >= 0.6 is 31.9 Å². The number of carbonyl (C=O) groups is 1. The zero-order valence-electron chi connectivity index (χ0n) is 10.7. The van der Waals surface area contributed by atoms with Gasteiger partial charge in [-0.1, -0.05) is 37.9 Å². The maximum Gasteiger partial charge on any atom is 0.251 e. The number of methoxy groups -OCH3 is 1. The fourth-order valence-electron chi connectivity index (χ4n) is 1.70. The van der Waals surface area contributed by atoms with Gasteiger partial charge in [0.2, 0.25) is 5.88 Å². The average molecular weight is 400 g/mol. The standard InChI is InChI=1S/C14H12Br2N2O2/c1-20-14-9(3-2-4-17-14)8-18-13(19)10-5-11(15)7-12(16)6-10/h2-7H,8H2,1H3,(H,18,19). The van der Waals surface area contributed by atoms with Gasteiger partial charge >= 0.3 is 0 Å². The Kier molecular flexibility index (Phi) is 5.14. The molecule has 1 N–H and O–H groups in total. The van der Waals surface area contributed by atoms with Gasteiger partial charge in [0, 0.05) is 32.8 Å². The second kappa shape index (κ2) is 6.85. The van der Waals surface area contributed by atoms with Crippen LogP contribution in [0.1, 0.15) is 15.9 Å². The van der Waals surface area contributed by atoms with Crippen molar-refractivity contribution in [2.45, 2.75) is 6.54 Å². The van der Waals surface area contributed by atoms with Crippen LogP contribution in [0.3, 0.4) is 0 Å². The molecular formula is C14H12Br2N2O2. The van der Waals surface area contributed by atoms with Crippen LogP contribution in [0.5, 0.6) is 5.88 Å². The summed E-state index contributed by atoms with van der Waals surface area (Å²) in [7, 11) is 1.55. The van der Waals surface area contributed by atoms with Gasteiger partial charge in [0.15, 0.2) is 0 Å². The molecule has 0 aliphatic carbocycles. The number of rotatable bonds is 4. The van der Waals surface area contributed by atoms with Gasteiger partial charge in [-0.3, -0.25) is 4.79 Å². The van der Waals surface area contributed by atoms with Crippen LogP contribution in [0.25, 0.3) is 0 Å². The second-order valence-corrected chi connectivity index (χ2v) is 5.84. The first-order chi connectivity index (χ1) is 9.60. The SMILES string of the molecule is COc1ncccc1CNC(=O)c1cc(Br)cc(Br)c1. The highest BCUT2D eigenvalue weighted by atomic mass is 79.9. The zero-order chi connectivity index (χ0) is 14.5. The minimum absolute atomic E-state index is 0.155. The van der Waals surface area contributed by atoms with Crippen molar-refractivity contribution in [2.24, 2.45) is 0 Å². The van der Waals surface area contributed by atoms with E-state index in [1.54, 1.807) is 31.5 Å². The molecule has 1 aromatic heterocycles. The highest BCUT2D eigenvalue weighted by Crippen LogP contribution is 2.20. The summed E-state index contributed by atoms with van der Waals surface area (Å²) in [6.07, 6.45) is 1.65. The Morgan fingerprint density at radius 1 is 1.30 bits per heavy atom. The number of halogens is 2. The predicted molar refractivity (Wildman–Crippen MR) is 83.8 cm³/mol. The number of aromatic nitrogens is 1. The molecule has 20 heavy (non-hydrogen) atoms. The first kappa shape index (κ1) is 15.0. The molecule has 0 aliphatic rings. The molecule has 0 spiro atoms. The normalized spacial score (nSPS) is 10.2. The molecule has 2 rings (SSSR count). The number of hydrogen-bond donors (Lipinski definition) is 1.